The Hall–Kier alpha value is -1.71. The molecule has 4 nitrogen and oxygen atoms in total. The van der Waals surface area contributed by atoms with E-state index in [0.717, 1.165) is 0 Å². The molecule has 0 aliphatic rings. The van der Waals surface area contributed by atoms with Crippen molar-refractivity contribution in [3.8, 4) is 5.88 Å². The fraction of sp³-hybridized carbons (Fsp3) is 0.364. The number of aromatic nitrogens is 1. The van der Waals surface area contributed by atoms with E-state index in [1.54, 1.807) is 19.2 Å². The number of nitrogens with two attached hydrogens (primary N) is 1. The Bertz CT molecular complexity index is 357. The van der Waals surface area contributed by atoms with E-state index in [1.807, 2.05) is 13.8 Å². The van der Waals surface area contributed by atoms with Gasteiger partial charge in [-0.15, -0.1) is 0 Å². The fourth-order valence-corrected chi connectivity index (χ4v) is 1.06. The largest absolute Gasteiger partial charge is 0.481 e. The zero-order chi connectivity index (χ0) is 11.3. The molecule has 1 aromatic rings. The second kappa shape index (κ2) is 5.24. The molecule has 1 rings (SSSR count). The highest BCUT2D eigenvalue weighted by molar-refractivity contribution is 5.62. The lowest BCUT2D eigenvalue weighted by Gasteiger charge is -2.07. The average Bonchev–Trinajstić information content (AvgIpc) is 2.20. The van der Waals surface area contributed by atoms with Crippen LogP contribution in [-0.4, -0.2) is 18.6 Å². The number of hydrogen-bond acceptors (Lipinski definition) is 4. The number of allylic oxidation sites excluding steroid dienone is 1. The van der Waals surface area contributed by atoms with Crippen LogP contribution in [0.5, 0.6) is 5.88 Å². The molecule has 0 spiro atoms. The molecule has 0 aliphatic heterocycles. The molecular formula is C11H17N3O. The fourth-order valence-electron chi connectivity index (χ4n) is 1.06. The number of rotatable bonds is 4. The third kappa shape index (κ3) is 3.50. The Labute approximate surface area is 90.2 Å². The summed E-state index contributed by atoms with van der Waals surface area (Å²) >= 11 is 0. The molecule has 3 N–H and O–H groups in total. The molecule has 0 radical (unpaired) electrons. The Balaban J connectivity index is 2.71. The first-order valence-electron chi connectivity index (χ1n) is 4.81. The molecule has 0 amide bonds. The van der Waals surface area contributed by atoms with Crippen LogP contribution in [0.25, 0.3) is 0 Å². The van der Waals surface area contributed by atoms with Crippen molar-refractivity contribution in [3.05, 3.63) is 23.8 Å². The highest BCUT2D eigenvalue weighted by Gasteiger charge is 2.01. The first-order chi connectivity index (χ1) is 7.13. The minimum absolute atomic E-state index is 0.559. The standard InChI is InChI=1S/C11H17N3O/c1-8(2)6-7-13-11-9(12)4-5-10(14-11)15-3/h4-6H,7,12H2,1-3H3,(H,13,14). The van der Waals surface area contributed by atoms with Crippen molar-refractivity contribution >= 4 is 11.5 Å². The van der Waals surface area contributed by atoms with Crippen LogP contribution in [0.15, 0.2) is 23.8 Å². The monoisotopic (exact) mass is 207 g/mol. The van der Waals surface area contributed by atoms with Gasteiger partial charge in [-0.25, -0.2) is 0 Å². The Morgan fingerprint density at radius 3 is 2.87 bits per heavy atom. The van der Waals surface area contributed by atoms with E-state index in [4.69, 9.17) is 10.5 Å². The number of nitrogen functional groups attached to an aromatic ring is 1. The Kier molecular flexibility index (Phi) is 3.97. The van der Waals surface area contributed by atoms with Gasteiger partial charge in [0, 0.05) is 12.6 Å². The molecule has 0 bridgehead atoms. The number of methoxy groups -OCH3 is 1. The molecule has 0 aliphatic carbocycles. The van der Waals surface area contributed by atoms with Gasteiger partial charge in [0.2, 0.25) is 5.88 Å². The maximum Gasteiger partial charge on any atom is 0.215 e. The van der Waals surface area contributed by atoms with Gasteiger partial charge in [-0.2, -0.15) is 4.98 Å². The SMILES string of the molecule is COc1ccc(N)c(NCC=C(C)C)n1. The maximum atomic E-state index is 5.76. The van der Waals surface area contributed by atoms with E-state index in [1.165, 1.54) is 5.57 Å². The molecular weight excluding hydrogens is 190 g/mol. The lowest BCUT2D eigenvalue weighted by atomic mass is 10.3. The molecule has 82 valence electrons. The molecule has 15 heavy (non-hydrogen) atoms. The summed E-state index contributed by atoms with van der Waals surface area (Å²) in [5.74, 6) is 1.22. The van der Waals surface area contributed by atoms with Gasteiger partial charge in [-0.1, -0.05) is 11.6 Å². The summed E-state index contributed by atoms with van der Waals surface area (Å²) < 4.78 is 5.02. The van der Waals surface area contributed by atoms with Gasteiger partial charge >= 0.3 is 0 Å². The Morgan fingerprint density at radius 2 is 2.27 bits per heavy atom. The summed E-state index contributed by atoms with van der Waals surface area (Å²) in [4.78, 5) is 4.20. The Morgan fingerprint density at radius 1 is 1.53 bits per heavy atom. The van der Waals surface area contributed by atoms with E-state index in [9.17, 15) is 0 Å². The van der Waals surface area contributed by atoms with Gasteiger partial charge in [0.05, 0.1) is 12.8 Å². The van der Waals surface area contributed by atoms with Crippen LogP contribution in [0.3, 0.4) is 0 Å². The molecule has 0 atom stereocenters. The highest BCUT2D eigenvalue weighted by Crippen LogP contribution is 2.19. The van der Waals surface area contributed by atoms with Gasteiger partial charge in [-0.05, 0) is 19.9 Å². The minimum atomic E-state index is 0.559. The van der Waals surface area contributed by atoms with Gasteiger partial charge in [0.1, 0.15) is 0 Å². The predicted octanol–water partition coefficient (Wildman–Crippen LogP) is 2.05. The zero-order valence-electron chi connectivity index (χ0n) is 9.37. The molecule has 0 aromatic carbocycles. The van der Waals surface area contributed by atoms with E-state index in [0.29, 0.717) is 23.9 Å². The van der Waals surface area contributed by atoms with Gasteiger partial charge in [-0.3, -0.25) is 0 Å². The van der Waals surface area contributed by atoms with Crippen molar-refractivity contribution in [2.24, 2.45) is 0 Å². The lowest BCUT2D eigenvalue weighted by Crippen LogP contribution is -2.05. The van der Waals surface area contributed by atoms with Crippen molar-refractivity contribution in [1.29, 1.82) is 0 Å². The molecule has 4 heteroatoms. The van der Waals surface area contributed by atoms with E-state index >= 15 is 0 Å². The van der Waals surface area contributed by atoms with Gasteiger partial charge in [0.25, 0.3) is 0 Å². The quantitative estimate of drug-likeness (QED) is 0.742. The van der Waals surface area contributed by atoms with E-state index < -0.39 is 0 Å². The van der Waals surface area contributed by atoms with Crippen molar-refractivity contribution in [3.63, 3.8) is 0 Å². The summed E-state index contributed by atoms with van der Waals surface area (Å²) in [6.45, 7) is 4.81. The number of anilines is 2. The van der Waals surface area contributed by atoms with Crippen molar-refractivity contribution < 1.29 is 4.74 Å². The summed E-state index contributed by atoms with van der Waals surface area (Å²) in [7, 11) is 1.58. The van der Waals surface area contributed by atoms with E-state index in [2.05, 4.69) is 16.4 Å². The minimum Gasteiger partial charge on any atom is -0.481 e. The van der Waals surface area contributed by atoms with Crippen molar-refractivity contribution in [1.82, 2.24) is 4.98 Å². The lowest BCUT2D eigenvalue weighted by molar-refractivity contribution is 0.398. The van der Waals surface area contributed by atoms with Crippen LogP contribution < -0.4 is 15.8 Å². The number of nitrogens with zero attached hydrogens (tertiary/aromatic N) is 1. The van der Waals surface area contributed by atoms with Crippen LogP contribution in [0.4, 0.5) is 11.5 Å². The van der Waals surface area contributed by atoms with Crippen LogP contribution >= 0.6 is 0 Å². The van der Waals surface area contributed by atoms with Crippen LogP contribution in [0.2, 0.25) is 0 Å². The average molecular weight is 207 g/mol. The van der Waals surface area contributed by atoms with Crippen LogP contribution in [-0.2, 0) is 0 Å². The number of pyridine rings is 1. The number of nitrogens with one attached hydrogen (secondary N) is 1. The normalized spacial score (nSPS) is 9.53. The molecule has 1 aromatic heterocycles. The van der Waals surface area contributed by atoms with Gasteiger partial charge < -0.3 is 15.8 Å². The molecule has 0 saturated heterocycles. The summed E-state index contributed by atoms with van der Waals surface area (Å²) in [6.07, 6.45) is 2.07. The van der Waals surface area contributed by atoms with Crippen LogP contribution in [0, 0.1) is 0 Å². The molecule has 0 saturated carbocycles. The first kappa shape index (κ1) is 11.4. The zero-order valence-corrected chi connectivity index (χ0v) is 9.37. The highest BCUT2D eigenvalue weighted by atomic mass is 16.5. The molecule has 0 unspecified atom stereocenters. The predicted molar refractivity (Wildman–Crippen MR) is 63.1 cm³/mol. The summed E-state index contributed by atoms with van der Waals surface area (Å²) in [5, 5.41) is 3.13. The number of ether oxygens (including phenoxy) is 1. The maximum absolute atomic E-state index is 5.76. The summed E-state index contributed by atoms with van der Waals surface area (Å²) in [6, 6.07) is 3.51. The van der Waals surface area contributed by atoms with Crippen molar-refractivity contribution in [2.75, 3.05) is 24.7 Å². The smallest absolute Gasteiger partial charge is 0.215 e. The second-order valence-electron chi connectivity index (χ2n) is 3.45. The van der Waals surface area contributed by atoms with Crippen LogP contribution in [0.1, 0.15) is 13.8 Å². The number of hydrogen-bond donors (Lipinski definition) is 2. The van der Waals surface area contributed by atoms with E-state index in [-0.39, 0.29) is 0 Å². The summed E-state index contributed by atoms with van der Waals surface area (Å²) in [5.41, 5.74) is 7.64. The molecule has 1 heterocycles. The van der Waals surface area contributed by atoms with Gasteiger partial charge in [0.15, 0.2) is 5.82 Å². The topological polar surface area (TPSA) is 60.2 Å². The first-order valence-corrected chi connectivity index (χ1v) is 4.81. The molecule has 0 fully saturated rings. The third-order valence-electron chi connectivity index (χ3n) is 1.89. The third-order valence-corrected chi connectivity index (χ3v) is 1.89. The van der Waals surface area contributed by atoms with Crippen molar-refractivity contribution in [2.45, 2.75) is 13.8 Å². The second-order valence-corrected chi connectivity index (χ2v) is 3.45.